The zero-order chi connectivity index (χ0) is 18.6. The molecule has 0 radical (unpaired) electrons. The molecule has 0 aliphatic heterocycles. The summed E-state index contributed by atoms with van der Waals surface area (Å²) in [6, 6.07) is 14.5. The summed E-state index contributed by atoms with van der Waals surface area (Å²) in [7, 11) is 0. The number of rotatable bonds is 3. The minimum absolute atomic E-state index is 0.257. The number of hydrogen-bond donors (Lipinski definition) is 1. The first-order valence-corrected chi connectivity index (χ1v) is 9.01. The third kappa shape index (κ3) is 4.92. The largest absolute Gasteiger partial charge is 0.272 e. The van der Waals surface area contributed by atoms with Gasteiger partial charge >= 0.3 is 0 Å². The molecule has 2 aromatic carbocycles. The molecule has 0 aliphatic rings. The van der Waals surface area contributed by atoms with Crippen molar-refractivity contribution in [2.75, 3.05) is 0 Å². The number of aryl methyl sites for hydroxylation is 1. The lowest BCUT2D eigenvalue weighted by atomic mass is 10.1. The molecule has 0 saturated carbocycles. The maximum absolute atomic E-state index is 12.9. The van der Waals surface area contributed by atoms with Crippen molar-refractivity contribution >= 4 is 27.7 Å². The number of hydrazine groups is 1. The Bertz CT molecular complexity index is 764. The first-order valence-electron chi connectivity index (χ1n) is 8.22. The van der Waals surface area contributed by atoms with Gasteiger partial charge in [-0.2, -0.15) is 0 Å². The van der Waals surface area contributed by atoms with Crippen LogP contribution in [0.5, 0.6) is 0 Å². The third-order valence-electron chi connectivity index (χ3n) is 3.78. The Hall–Kier alpha value is -2.14. The maximum Gasteiger partial charge on any atom is 0.272 e. The fourth-order valence-electron chi connectivity index (χ4n) is 2.33. The molecule has 0 unspecified atom stereocenters. The fourth-order valence-corrected chi connectivity index (χ4v) is 2.73. The molecule has 0 saturated heterocycles. The number of amides is 2. The van der Waals surface area contributed by atoms with Crippen LogP contribution in [0.1, 0.15) is 54.0 Å². The number of hydrogen-bond acceptors (Lipinski definition) is 2. The van der Waals surface area contributed by atoms with Crippen molar-refractivity contribution in [1.82, 2.24) is 10.4 Å². The lowest BCUT2D eigenvalue weighted by Crippen LogP contribution is -2.55. The summed E-state index contributed by atoms with van der Waals surface area (Å²) in [5, 5.41) is 1.38. The van der Waals surface area contributed by atoms with Gasteiger partial charge in [0.15, 0.2) is 0 Å². The molecular weight excluding hydrogens is 380 g/mol. The van der Waals surface area contributed by atoms with E-state index in [1.54, 1.807) is 30.3 Å². The van der Waals surface area contributed by atoms with Gasteiger partial charge in [0, 0.05) is 15.6 Å². The van der Waals surface area contributed by atoms with Crippen molar-refractivity contribution in [2.24, 2.45) is 0 Å². The van der Waals surface area contributed by atoms with Gasteiger partial charge in [-0.25, -0.2) is 5.01 Å². The molecular formula is C20H23BrN2O2. The number of carbonyl (C=O) groups is 2. The van der Waals surface area contributed by atoms with E-state index >= 15 is 0 Å². The van der Waals surface area contributed by atoms with E-state index in [0.717, 1.165) is 16.5 Å². The van der Waals surface area contributed by atoms with Crippen molar-refractivity contribution < 1.29 is 9.59 Å². The topological polar surface area (TPSA) is 49.4 Å². The van der Waals surface area contributed by atoms with E-state index in [9.17, 15) is 9.59 Å². The highest BCUT2D eigenvalue weighted by Crippen LogP contribution is 2.18. The number of halogens is 1. The van der Waals surface area contributed by atoms with E-state index in [2.05, 4.69) is 28.3 Å². The first-order chi connectivity index (χ1) is 11.7. The molecule has 4 nitrogen and oxygen atoms in total. The Labute approximate surface area is 157 Å². The molecule has 0 heterocycles. The van der Waals surface area contributed by atoms with Crippen molar-refractivity contribution in [1.29, 1.82) is 0 Å². The van der Waals surface area contributed by atoms with Gasteiger partial charge in [-0.05, 0) is 63.1 Å². The van der Waals surface area contributed by atoms with Gasteiger partial charge in [-0.3, -0.25) is 15.0 Å². The molecule has 0 bridgehead atoms. The van der Waals surface area contributed by atoms with Gasteiger partial charge in [-0.15, -0.1) is 0 Å². The third-order valence-corrected chi connectivity index (χ3v) is 4.28. The molecule has 25 heavy (non-hydrogen) atoms. The molecule has 2 amide bonds. The van der Waals surface area contributed by atoms with Crippen molar-refractivity contribution in [3.05, 3.63) is 69.7 Å². The van der Waals surface area contributed by atoms with Gasteiger partial charge in [-0.1, -0.05) is 41.1 Å². The van der Waals surface area contributed by atoms with Gasteiger partial charge in [0.1, 0.15) is 0 Å². The molecule has 0 fully saturated rings. The van der Waals surface area contributed by atoms with Crippen LogP contribution < -0.4 is 5.43 Å². The standard InChI is InChI=1S/C20H23BrN2O2/c1-5-14-9-11-15(12-10-14)18(24)22-23(20(2,3)4)19(25)16-7-6-8-17(21)13-16/h6-13H,5H2,1-4H3,(H,22,24). The van der Waals surface area contributed by atoms with Crippen LogP contribution in [0.2, 0.25) is 0 Å². The minimum Gasteiger partial charge on any atom is -0.267 e. The van der Waals surface area contributed by atoms with Crippen LogP contribution in [0.3, 0.4) is 0 Å². The summed E-state index contributed by atoms with van der Waals surface area (Å²) >= 11 is 3.37. The highest BCUT2D eigenvalue weighted by Gasteiger charge is 2.29. The number of carbonyl (C=O) groups excluding carboxylic acids is 2. The Kier molecular flexibility index (Phi) is 6.01. The maximum atomic E-state index is 12.9. The van der Waals surface area contributed by atoms with Crippen LogP contribution in [0, 0.1) is 0 Å². The molecule has 2 aromatic rings. The summed E-state index contributed by atoms with van der Waals surface area (Å²) in [4.78, 5) is 25.5. The summed E-state index contributed by atoms with van der Waals surface area (Å²) in [6.45, 7) is 7.70. The van der Waals surface area contributed by atoms with Crippen LogP contribution in [0.25, 0.3) is 0 Å². The number of nitrogens with zero attached hydrogens (tertiary/aromatic N) is 1. The predicted octanol–water partition coefficient (Wildman–Crippen LogP) is 4.60. The van der Waals surface area contributed by atoms with Crippen LogP contribution >= 0.6 is 15.9 Å². The number of nitrogens with one attached hydrogen (secondary N) is 1. The second-order valence-electron chi connectivity index (χ2n) is 6.81. The molecule has 0 spiro atoms. The number of benzene rings is 2. The molecule has 0 aliphatic carbocycles. The van der Waals surface area contributed by atoms with Crippen LogP contribution in [0.15, 0.2) is 53.0 Å². The average molecular weight is 403 g/mol. The minimum atomic E-state index is -0.571. The van der Waals surface area contributed by atoms with Crippen molar-refractivity contribution in [3.63, 3.8) is 0 Å². The average Bonchev–Trinajstić information content (AvgIpc) is 2.58. The van der Waals surface area contributed by atoms with Crippen LogP contribution in [0.4, 0.5) is 0 Å². The summed E-state index contributed by atoms with van der Waals surface area (Å²) in [5.74, 6) is -0.562. The Balaban J connectivity index is 2.25. The van der Waals surface area contributed by atoms with Gasteiger partial charge in [0.25, 0.3) is 11.8 Å². The van der Waals surface area contributed by atoms with E-state index in [0.29, 0.717) is 11.1 Å². The highest BCUT2D eigenvalue weighted by atomic mass is 79.9. The molecule has 2 rings (SSSR count). The van der Waals surface area contributed by atoms with Crippen LogP contribution in [-0.2, 0) is 6.42 Å². The Morgan fingerprint density at radius 2 is 1.68 bits per heavy atom. The normalized spacial score (nSPS) is 11.1. The van der Waals surface area contributed by atoms with Gasteiger partial charge in [0.2, 0.25) is 0 Å². The van der Waals surface area contributed by atoms with Crippen molar-refractivity contribution in [3.8, 4) is 0 Å². The zero-order valence-electron chi connectivity index (χ0n) is 15.0. The summed E-state index contributed by atoms with van der Waals surface area (Å²) < 4.78 is 0.814. The lowest BCUT2D eigenvalue weighted by Gasteiger charge is -2.35. The lowest BCUT2D eigenvalue weighted by molar-refractivity contribution is 0.0358. The van der Waals surface area contributed by atoms with E-state index < -0.39 is 5.54 Å². The Morgan fingerprint density at radius 3 is 2.20 bits per heavy atom. The Morgan fingerprint density at radius 1 is 1.04 bits per heavy atom. The van der Waals surface area contributed by atoms with Crippen molar-refractivity contribution in [2.45, 2.75) is 39.7 Å². The molecule has 132 valence electrons. The molecule has 0 atom stereocenters. The SMILES string of the molecule is CCc1ccc(C(=O)NN(C(=O)c2cccc(Br)c2)C(C)(C)C)cc1. The smallest absolute Gasteiger partial charge is 0.267 e. The van der Waals surface area contributed by atoms with E-state index in [-0.39, 0.29) is 11.8 Å². The fraction of sp³-hybridized carbons (Fsp3) is 0.300. The highest BCUT2D eigenvalue weighted by molar-refractivity contribution is 9.10. The van der Waals surface area contributed by atoms with E-state index in [1.165, 1.54) is 5.01 Å². The summed E-state index contributed by atoms with van der Waals surface area (Å²) in [6.07, 6.45) is 0.914. The van der Waals surface area contributed by atoms with Gasteiger partial charge < -0.3 is 0 Å². The molecule has 0 aromatic heterocycles. The summed E-state index contributed by atoms with van der Waals surface area (Å²) in [5.41, 5.74) is 4.38. The molecule has 1 N–H and O–H groups in total. The zero-order valence-corrected chi connectivity index (χ0v) is 16.6. The monoisotopic (exact) mass is 402 g/mol. The molecule has 5 heteroatoms. The quantitative estimate of drug-likeness (QED) is 0.762. The predicted molar refractivity (Wildman–Crippen MR) is 103 cm³/mol. The van der Waals surface area contributed by atoms with Gasteiger partial charge in [0.05, 0.1) is 5.54 Å². The van der Waals surface area contributed by atoms with E-state index in [1.807, 2.05) is 39.0 Å². The first kappa shape index (κ1) is 19.2. The van der Waals surface area contributed by atoms with E-state index in [4.69, 9.17) is 0 Å². The van der Waals surface area contributed by atoms with Crippen LogP contribution in [-0.4, -0.2) is 22.4 Å². The second-order valence-corrected chi connectivity index (χ2v) is 7.73. The second kappa shape index (κ2) is 7.83.